The number of hydrogen-bond acceptors (Lipinski definition) is 7. The van der Waals surface area contributed by atoms with Crippen LogP contribution in [0.1, 0.15) is 10.5 Å². The van der Waals surface area contributed by atoms with Crippen LogP contribution in [0.5, 0.6) is 0 Å². The summed E-state index contributed by atoms with van der Waals surface area (Å²) in [6.07, 6.45) is 0. The second kappa shape index (κ2) is 6.69. The third-order valence-corrected chi connectivity index (χ3v) is 3.87. The zero-order valence-electron chi connectivity index (χ0n) is 13.3. The lowest BCUT2D eigenvalue weighted by Gasteiger charge is -2.10. The molecule has 0 aliphatic rings. The standard InChI is InChI=1S/C13H10Cl2N8O3/c1-21-12(17-19-20-21)16-10(24)9-11(25)23(13(26)22(2)18-9)8-4-3-6(14)5-7(8)15/h3-5H,1-2H3,(H,16,17,20,24). The van der Waals surface area contributed by atoms with Gasteiger partial charge in [0.1, 0.15) is 0 Å². The Hall–Kier alpha value is -3.05. The van der Waals surface area contributed by atoms with Gasteiger partial charge >= 0.3 is 5.69 Å². The number of aryl methyl sites for hydroxylation is 2. The Morgan fingerprint density at radius 3 is 2.50 bits per heavy atom. The molecular weight excluding hydrogens is 387 g/mol. The second-order valence-electron chi connectivity index (χ2n) is 5.07. The Kier molecular flexibility index (Phi) is 4.57. The summed E-state index contributed by atoms with van der Waals surface area (Å²) < 4.78 is 2.76. The number of aromatic nitrogens is 7. The topological polar surface area (TPSA) is 130 Å². The lowest BCUT2D eigenvalue weighted by molar-refractivity contribution is 0.101. The zero-order valence-corrected chi connectivity index (χ0v) is 14.9. The molecule has 0 saturated carbocycles. The average Bonchev–Trinajstić information content (AvgIpc) is 2.97. The van der Waals surface area contributed by atoms with Crippen LogP contribution in [0.15, 0.2) is 27.8 Å². The Morgan fingerprint density at radius 1 is 1.15 bits per heavy atom. The highest BCUT2D eigenvalue weighted by Gasteiger charge is 2.22. The first-order chi connectivity index (χ1) is 12.3. The van der Waals surface area contributed by atoms with Gasteiger partial charge in [-0.1, -0.05) is 28.3 Å². The Labute approximate surface area is 154 Å². The van der Waals surface area contributed by atoms with Crippen molar-refractivity contribution in [3.05, 3.63) is 54.8 Å². The fourth-order valence-electron chi connectivity index (χ4n) is 2.09. The first-order valence-electron chi connectivity index (χ1n) is 6.99. The first-order valence-corrected chi connectivity index (χ1v) is 7.74. The van der Waals surface area contributed by atoms with Gasteiger partial charge in [0.15, 0.2) is 0 Å². The van der Waals surface area contributed by atoms with E-state index in [1.54, 1.807) is 0 Å². The van der Waals surface area contributed by atoms with Gasteiger partial charge in [-0.15, -0.1) is 0 Å². The van der Waals surface area contributed by atoms with E-state index in [1.165, 1.54) is 37.0 Å². The average molecular weight is 397 g/mol. The second-order valence-corrected chi connectivity index (χ2v) is 5.91. The predicted octanol–water partition coefficient (Wildman–Crippen LogP) is 0.0138. The molecule has 0 aliphatic carbocycles. The first kappa shape index (κ1) is 17.8. The Balaban J connectivity index is 2.16. The van der Waals surface area contributed by atoms with Gasteiger partial charge in [-0.25, -0.2) is 18.7 Å². The Morgan fingerprint density at radius 2 is 1.88 bits per heavy atom. The molecule has 1 N–H and O–H groups in total. The van der Waals surface area contributed by atoms with Crippen LogP contribution >= 0.6 is 23.2 Å². The molecule has 1 aromatic carbocycles. The zero-order chi connectivity index (χ0) is 19.0. The van der Waals surface area contributed by atoms with Crippen molar-refractivity contribution < 1.29 is 4.79 Å². The number of amides is 1. The van der Waals surface area contributed by atoms with Crippen LogP contribution in [0.25, 0.3) is 5.69 Å². The largest absolute Gasteiger partial charge is 0.351 e. The minimum atomic E-state index is -0.954. The molecule has 13 heteroatoms. The molecule has 0 bridgehead atoms. The number of carbonyl (C=O) groups is 1. The molecule has 1 amide bonds. The molecule has 0 saturated heterocycles. The van der Waals surface area contributed by atoms with Crippen LogP contribution in [0.4, 0.5) is 5.95 Å². The minimum Gasteiger partial charge on any atom is -0.288 e. The SMILES string of the molecule is Cn1nnnc1NC(=O)c1nn(C)c(=O)n(-c2ccc(Cl)cc2Cl)c1=O. The summed E-state index contributed by atoms with van der Waals surface area (Å²) in [5, 5.41) is 17.0. The number of benzene rings is 1. The number of rotatable bonds is 3. The number of nitrogens with one attached hydrogen (secondary N) is 1. The normalized spacial score (nSPS) is 10.8. The van der Waals surface area contributed by atoms with Crippen LogP contribution in [0.2, 0.25) is 10.0 Å². The van der Waals surface area contributed by atoms with E-state index in [-0.39, 0.29) is 16.7 Å². The minimum absolute atomic E-state index is 0.00104. The molecular formula is C13H10Cl2N8O3. The van der Waals surface area contributed by atoms with Crippen molar-refractivity contribution in [3.63, 3.8) is 0 Å². The quantitative estimate of drug-likeness (QED) is 0.659. The molecule has 0 unspecified atom stereocenters. The van der Waals surface area contributed by atoms with E-state index in [4.69, 9.17) is 23.2 Å². The highest BCUT2D eigenvalue weighted by molar-refractivity contribution is 6.35. The van der Waals surface area contributed by atoms with Crippen molar-refractivity contribution in [2.75, 3.05) is 5.32 Å². The van der Waals surface area contributed by atoms with Gasteiger partial charge in [-0.05, 0) is 28.6 Å². The fraction of sp³-hybridized carbons (Fsp3) is 0.154. The third kappa shape index (κ3) is 3.09. The van der Waals surface area contributed by atoms with Gasteiger partial charge in [0.2, 0.25) is 11.6 Å². The summed E-state index contributed by atoms with van der Waals surface area (Å²) in [6, 6.07) is 4.22. The number of carbonyl (C=O) groups excluding carboxylic acids is 1. The summed E-state index contributed by atoms with van der Waals surface area (Å²) >= 11 is 11.9. The van der Waals surface area contributed by atoms with Crippen LogP contribution in [0.3, 0.4) is 0 Å². The summed E-state index contributed by atoms with van der Waals surface area (Å²) in [4.78, 5) is 37.5. The maximum absolute atomic E-state index is 12.7. The van der Waals surface area contributed by atoms with E-state index < -0.39 is 22.9 Å². The lowest BCUT2D eigenvalue weighted by Crippen LogP contribution is -2.43. The third-order valence-electron chi connectivity index (χ3n) is 3.33. The molecule has 0 aliphatic heterocycles. The van der Waals surface area contributed by atoms with Gasteiger partial charge in [0.25, 0.3) is 11.5 Å². The highest BCUT2D eigenvalue weighted by atomic mass is 35.5. The number of nitrogens with zero attached hydrogens (tertiary/aromatic N) is 7. The maximum Gasteiger partial charge on any atom is 0.351 e. The van der Waals surface area contributed by atoms with Gasteiger partial charge in [0, 0.05) is 19.1 Å². The summed E-state index contributed by atoms with van der Waals surface area (Å²) in [5.74, 6) is -0.886. The number of halogens is 2. The van der Waals surface area contributed by atoms with E-state index in [0.29, 0.717) is 5.02 Å². The molecule has 26 heavy (non-hydrogen) atoms. The summed E-state index contributed by atoms with van der Waals surface area (Å²) in [5.41, 5.74) is -2.21. The van der Waals surface area contributed by atoms with Crippen LogP contribution in [-0.4, -0.2) is 40.5 Å². The lowest BCUT2D eigenvalue weighted by atomic mass is 10.3. The van der Waals surface area contributed by atoms with Crippen molar-refractivity contribution in [3.8, 4) is 5.69 Å². The molecule has 0 fully saturated rings. The molecule has 2 aromatic heterocycles. The number of hydrogen-bond donors (Lipinski definition) is 1. The predicted molar refractivity (Wildman–Crippen MR) is 91.8 cm³/mol. The molecule has 11 nitrogen and oxygen atoms in total. The molecule has 0 spiro atoms. The maximum atomic E-state index is 12.7. The smallest absolute Gasteiger partial charge is 0.288 e. The van der Waals surface area contributed by atoms with Crippen molar-refractivity contribution in [1.82, 2.24) is 34.6 Å². The van der Waals surface area contributed by atoms with E-state index in [0.717, 1.165) is 9.25 Å². The highest BCUT2D eigenvalue weighted by Crippen LogP contribution is 2.22. The Bertz CT molecular complexity index is 1130. The summed E-state index contributed by atoms with van der Waals surface area (Å²) in [7, 11) is 2.79. The van der Waals surface area contributed by atoms with Gasteiger partial charge in [-0.3, -0.25) is 14.9 Å². The van der Waals surface area contributed by atoms with Crippen LogP contribution < -0.4 is 16.6 Å². The number of tetrazole rings is 1. The van der Waals surface area contributed by atoms with Crippen molar-refractivity contribution in [2.45, 2.75) is 0 Å². The van der Waals surface area contributed by atoms with Gasteiger partial charge < -0.3 is 0 Å². The van der Waals surface area contributed by atoms with Crippen molar-refractivity contribution in [2.24, 2.45) is 14.1 Å². The molecule has 134 valence electrons. The molecule has 3 aromatic rings. The van der Waals surface area contributed by atoms with Crippen LogP contribution in [-0.2, 0) is 14.1 Å². The monoisotopic (exact) mass is 396 g/mol. The summed E-state index contributed by atoms with van der Waals surface area (Å²) in [6.45, 7) is 0. The van der Waals surface area contributed by atoms with Crippen molar-refractivity contribution in [1.29, 1.82) is 0 Å². The fourth-order valence-corrected chi connectivity index (χ4v) is 2.58. The van der Waals surface area contributed by atoms with E-state index in [2.05, 4.69) is 25.9 Å². The van der Waals surface area contributed by atoms with Crippen molar-refractivity contribution >= 4 is 35.1 Å². The van der Waals surface area contributed by atoms with E-state index in [9.17, 15) is 14.4 Å². The van der Waals surface area contributed by atoms with Gasteiger partial charge in [0.05, 0.1) is 10.7 Å². The van der Waals surface area contributed by atoms with Gasteiger partial charge in [-0.2, -0.15) is 5.10 Å². The molecule has 3 rings (SSSR count). The van der Waals surface area contributed by atoms with Crippen LogP contribution in [0, 0.1) is 0 Å². The van der Waals surface area contributed by atoms with E-state index in [1.807, 2.05) is 0 Å². The molecule has 0 atom stereocenters. The molecule has 2 heterocycles. The molecule has 0 radical (unpaired) electrons. The number of anilines is 1. The van der Waals surface area contributed by atoms with E-state index >= 15 is 0 Å².